The molecule has 0 amide bonds. The summed E-state index contributed by atoms with van der Waals surface area (Å²) in [6.45, 7) is 2.21. The second-order valence-corrected chi connectivity index (χ2v) is 2.61. The lowest BCUT2D eigenvalue weighted by Crippen LogP contribution is -2.35. The molecule has 1 unspecified atom stereocenters. The summed E-state index contributed by atoms with van der Waals surface area (Å²) in [4.78, 5) is 14.4. The van der Waals surface area contributed by atoms with E-state index in [1.165, 1.54) is 6.33 Å². The first kappa shape index (κ1) is 9.66. The second kappa shape index (κ2) is 4.56. The zero-order chi connectivity index (χ0) is 9.68. The number of carboxylic acid groups (broad SMARTS) is 1. The van der Waals surface area contributed by atoms with Crippen molar-refractivity contribution in [1.82, 2.24) is 20.5 Å². The Kier molecular flexibility index (Phi) is 3.39. The Balaban J connectivity index is 2.36. The van der Waals surface area contributed by atoms with E-state index >= 15 is 0 Å². The minimum absolute atomic E-state index is 0.394. The van der Waals surface area contributed by atoms with Crippen LogP contribution in [0.3, 0.4) is 0 Å². The quantitative estimate of drug-likeness (QED) is 0.587. The topological polar surface area (TPSA) is 90.9 Å². The van der Waals surface area contributed by atoms with E-state index in [0.717, 1.165) is 0 Å². The fraction of sp³-hybridized carbons (Fsp3) is 0.571. The maximum Gasteiger partial charge on any atom is 0.320 e. The van der Waals surface area contributed by atoms with Crippen LogP contribution in [0.2, 0.25) is 0 Å². The van der Waals surface area contributed by atoms with Crippen molar-refractivity contribution in [3.63, 3.8) is 0 Å². The maximum atomic E-state index is 10.6. The summed E-state index contributed by atoms with van der Waals surface area (Å²) in [6, 6.07) is -0.523. The molecular formula is C7H12N4O2. The first-order chi connectivity index (χ1) is 6.24. The number of nitrogens with zero attached hydrogens (tertiary/aromatic N) is 2. The monoisotopic (exact) mass is 184 g/mol. The third-order valence-electron chi connectivity index (χ3n) is 1.69. The number of aromatic nitrogens is 3. The SMILES string of the molecule is CCC(NCc1ncn[nH]1)C(=O)O. The summed E-state index contributed by atoms with van der Waals surface area (Å²) in [5.41, 5.74) is 0. The lowest BCUT2D eigenvalue weighted by atomic mass is 10.2. The standard InChI is InChI=1S/C7H12N4O2/c1-2-5(7(12)13)8-3-6-9-4-10-11-6/h4-5,8H,2-3H2,1H3,(H,12,13)(H,9,10,11). The van der Waals surface area contributed by atoms with Crippen molar-refractivity contribution in [2.75, 3.05) is 0 Å². The molecule has 1 heterocycles. The highest BCUT2D eigenvalue weighted by Gasteiger charge is 2.13. The first-order valence-corrected chi connectivity index (χ1v) is 4.04. The number of hydrogen-bond donors (Lipinski definition) is 3. The summed E-state index contributed by atoms with van der Waals surface area (Å²) in [6.07, 6.45) is 1.93. The highest BCUT2D eigenvalue weighted by Crippen LogP contribution is 1.93. The number of H-pyrrole nitrogens is 1. The molecule has 3 N–H and O–H groups in total. The van der Waals surface area contributed by atoms with Gasteiger partial charge in [-0.3, -0.25) is 15.2 Å². The minimum Gasteiger partial charge on any atom is -0.480 e. The van der Waals surface area contributed by atoms with Gasteiger partial charge in [-0.15, -0.1) is 0 Å². The number of aliphatic carboxylic acids is 1. The molecule has 1 rings (SSSR count). The van der Waals surface area contributed by atoms with Crippen molar-refractivity contribution >= 4 is 5.97 Å². The Hall–Kier alpha value is -1.43. The van der Waals surface area contributed by atoms with Gasteiger partial charge in [0, 0.05) is 0 Å². The Labute approximate surface area is 75.4 Å². The molecular weight excluding hydrogens is 172 g/mol. The molecule has 1 aromatic rings. The Bertz CT molecular complexity index is 259. The average molecular weight is 184 g/mol. The molecule has 6 heteroatoms. The van der Waals surface area contributed by atoms with Crippen molar-refractivity contribution in [1.29, 1.82) is 0 Å². The molecule has 1 aromatic heterocycles. The van der Waals surface area contributed by atoms with Crippen LogP contribution in [0.5, 0.6) is 0 Å². The van der Waals surface area contributed by atoms with Gasteiger partial charge in [0.25, 0.3) is 0 Å². The minimum atomic E-state index is -0.845. The fourth-order valence-corrected chi connectivity index (χ4v) is 0.942. The Morgan fingerprint density at radius 2 is 2.62 bits per heavy atom. The first-order valence-electron chi connectivity index (χ1n) is 4.04. The van der Waals surface area contributed by atoms with Gasteiger partial charge < -0.3 is 5.11 Å². The number of carboxylic acids is 1. The molecule has 0 saturated heterocycles. The lowest BCUT2D eigenvalue weighted by molar-refractivity contribution is -0.139. The highest BCUT2D eigenvalue weighted by molar-refractivity contribution is 5.73. The molecule has 0 saturated carbocycles. The van der Waals surface area contributed by atoms with Crippen LogP contribution in [-0.2, 0) is 11.3 Å². The van der Waals surface area contributed by atoms with Crippen molar-refractivity contribution in [3.05, 3.63) is 12.2 Å². The second-order valence-electron chi connectivity index (χ2n) is 2.61. The molecule has 0 aliphatic heterocycles. The maximum absolute atomic E-state index is 10.6. The lowest BCUT2D eigenvalue weighted by Gasteiger charge is -2.09. The van der Waals surface area contributed by atoms with Crippen LogP contribution >= 0.6 is 0 Å². The zero-order valence-corrected chi connectivity index (χ0v) is 7.32. The highest BCUT2D eigenvalue weighted by atomic mass is 16.4. The normalized spacial score (nSPS) is 12.7. The summed E-state index contributed by atoms with van der Waals surface area (Å²) >= 11 is 0. The third-order valence-corrected chi connectivity index (χ3v) is 1.69. The van der Waals surface area contributed by atoms with Gasteiger partial charge in [-0.05, 0) is 6.42 Å². The van der Waals surface area contributed by atoms with Gasteiger partial charge in [0.15, 0.2) is 0 Å². The van der Waals surface area contributed by atoms with E-state index in [1.807, 2.05) is 6.92 Å². The van der Waals surface area contributed by atoms with Crippen molar-refractivity contribution in [3.8, 4) is 0 Å². The van der Waals surface area contributed by atoms with E-state index in [1.54, 1.807) is 0 Å². The summed E-state index contributed by atoms with van der Waals surface area (Å²) in [5.74, 6) is -0.207. The number of aromatic amines is 1. The van der Waals surface area contributed by atoms with Crippen LogP contribution < -0.4 is 5.32 Å². The summed E-state index contributed by atoms with van der Waals surface area (Å²) in [5, 5.41) is 17.8. The van der Waals surface area contributed by atoms with Crippen molar-refractivity contribution in [2.24, 2.45) is 0 Å². The fourth-order valence-electron chi connectivity index (χ4n) is 0.942. The number of nitrogens with one attached hydrogen (secondary N) is 2. The number of carbonyl (C=O) groups is 1. The van der Waals surface area contributed by atoms with Gasteiger partial charge >= 0.3 is 5.97 Å². The van der Waals surface area contributed by atoms with E-state index in [4.69, 9.17) is 5.11 Å². The predicted octanol–water partition coefficient (Wildman–Crippen LogP) is -0.243. The van der Waals surface area contributed by atoms with Gasteiger partial charge in [-0.25, -0.2) is 4.98 Å². The van der Waals surface area contributed by atoms with E-state index in [2.05, 4.69) is 20.5 Å². The molecule has 1 atom stereocenters. The molecule has 0 radical (unpaired) electrons. The third kappa shape index (κ3) is 2.83. The largest absolute Gasteiger partial charge is 0.480 e. The van der Waals surface area contributed by atoms with Gasteiger partial charge in [-0.1, -0.05) is 6.92 Å². The molecule has 0 bridgehead atoms. The molecule has 0 fully saturated rings. The molecule has 13 heavy (non-hydrogen) atoms. The molecule has 6 nitrogen and oxygen atoms in total. The van der Waals surface area contributed by atoms with E-state index in [-0.39, 0.29) is 0 Å². The molecule has 0 spiro atoms. The molecule has 0 aromatic carbocycles. The number of rotatable bonds is 5. The summed E-state index contributed by atoms with van der Waals surface area (Å²) < 4.78 is 0. The van der Waals surface area contributed by atoms with Crippen molar-refractivity contribution in [2.45, 2.75) is 25.9 Å². The number of hydrogen-bond acceptors (Lipinski definition) is 4. The van der Waals surface area contributed by atoms with Crippen LogP contribution in [0.15, 0.2) is 6.33 Å². The molecule has 0 aliphatic rings. The average Bonchev–Trinajstić information content (AvgIpc) is 2.57. The van der Waals surface area contributed by atoms with Gasteiger partial charge in [0.05, 0.1) is 6.54 Å². The van der Waals surface area contributed by atoms with Crippen molar-refractivity contribution < 1.29 is 9.90 Å². The van der Waals surface area contributed by atoms with Crippen LogP contribution in [-0.4, -0.2) is 32.3 Å². The van der Waals surface area contributed by atoms with Gasteiger partial charge in [0.2, 0.25) is 0 Å². The van der Waals surface area contributed by atoms with Crippen LogP contribution in [0.1, 0.15) is 19.2 Å². The van der Waals surface area contributed by atoms with Gasteiger partial charge in [0.1, 0.15) is 18.2 Å². The van der Waals surface area contributed by atoms with Gasteiger partial charge in [-0.2, -0.15) is 5.10 Å². The molecule has 72 valence electrons. The smallest absolute Gasteiger partial charge is 0.320 e. The van der Waals surface area contributed by atoms with Crippen LogP contribution in [0, 0.1) is 0 Å². The predicted molar refractivity (Wildman–Crippen MR) is 44.9 cm³/mol. The summed E-state index contributed by atoms with van der Waals surface area (Å²) in [7, 11) is 0. The zero-order valence-electron chi connectivity index (χ0n) is 7.32. The molecule has 0 aliphatic carbocycles. The van der Waals surface area contributed by atoms with E-state index in [0.29, 0.717) is 18.8 Å². The van der Waals surface area contributed by atoms with E-state index in [9.17, 15) is 4.79 Å². The van der Waals surface area contributed by atoms with Crippen LogP contribution in [0.4, 0.5) is 0 Å². The Morgan fingerprint density at radius 1 is 1.85 bits per heavy atom. The Morgan fingerprint density at radius 3 is 3.08 bits per heavy atom. The van der Waals surface area contributed by atoms with E-state index < -0.39 is 12.0 Å². The van der Waals surface area contributed by atoms with Crippen LogP contribution in [0.25, 0.3) is 0 Å².